The van der Waals surface area contributed by atoms with Gasteiger partial charge in [0.1, 0.15) is 5.82 Å². The van der Waals surface area contributed by atoms with Crippen molar-refractivity contribution < 1.29 is 18.7 Å². The molecule has 0 N–H and O–H groups in total. The molecule has 3 nitrogen and oxygen atoms in total. The molecule has 2 rings (SSSR count). The van der Waals surface area contributed by atoms with E-state index in [0.29, 0.717) is 16.3 Å². The average molecular weight is 295 g/mol. The van der Waals surface area contributed by atoms with Crippen LogP contribution in [0, 0.1) is 5.82 Å². The number of halogens is 2. The molecule has 2 aromatic rings. The fraction of sp³-hybridized carbons (Fsp3) is 0.133. The van der Waals surface area contributed by atoms with Crippen molar-refractivity contribution in [2.24, 2.45) is 0 Å². The summed E-state index contributed by atoms with van der Waals surface area (Å²) < 4.78 is 24.0. The molecule has 0 heterocycles. The Bertz CT molecular complexity index is 638. The summed E-state index contributed by atoms with van der Waals surface area (Å²) in [4.78, 5) is 12.3. The minimum atomic E-state index is -0.664. The monoisotopic (exact) mass is 294 g/mol. The normalized spacial score (nSPS) is 10.2. The highest BCUT2D eigenvalue weighted by Gasteiger charge is 2.18. The Morgan fingerprint density at radius 1 is 1.05 bits per heavy atom. The number of ether oxygens (including phenoxy) is 2. The SMILES string of the molecule is COc1cc(F)c(C(=O)c2ccc(Cl)cc2)cc1OC. The van der Waals surface area contributed by atoms with Crippen LogP contribution in [0.15, 0.2) is 36.4 Å². The van der Waals surface area contributed by atoms with Gasteiger partial charge in [0.25, 0.3) is 0 Å². The van der Waals surface area contributed by atoms with Crippen molar-refractivity contribution >= 4 is 17.4 Å². The zero-order valence-electron chi connectivity index (χ0n) is 10.9. The zero-order chi connectivity index (χ0) is 14.7. The van der Waals surface area contributed by atoms with Gasteiger partial charge in [-0.2, -0.15) is 0 Å². The molecule has 0 spiro atoms. The van der Waals surface area contributed by atoms with Gasteiger partial charge in [0.05, 0.1) is 19.8 Å². The maximum atomic E-state index is 14.0. The summed E-state index contributed by atoms with van der Waals surface area (Å²) in [6.07, 6.45) is 0. The zero-order valence-corrected chi connectivity index (χ0v) is 11.7. The molecule has 0 saturated heterocycles. The van der Waals surface area contributed by atoms with E-state index in [1.165, 1.54) is 20.3 Å². The topological polar surface area (TPSA) is 35.5 Å². The van der Waals surface area contributed by atoms with Crippen LogP contribution in [-0.2, 0) is 0 Å². The van der Waals surface area contributed by atoms with E-state index in [0.717, 1.165) is 6.07 Å². The Kier molecular flexibility index (Phi) is 4.25. The highest BCUT2D eigenvalue weighted by atomic mass is 35.5. The molecule has 2 aromatic carbocycles. The summed E-state index contributed by atoms with van der Waals surface area (Å²) in [5, 5.41) is 0.509. The quantitative estimate of drug-likeness (QED) is 0.806. The van der Waals surface area contributed by atoms with E-state index in [9.17, 15) is 9.18 Å². The Morgan fingerprint density at radius 3 is 2.15 bits per heavy atom. The molecule has 104 valence electrons. The molecular weight excluding hydrogens is 283 g/mol. The lowest BCUT2D eigenvalue weighted by molar-refractivity contribution is 0.103. The van der Waals surface area contributed by atoms with E-state index in [4.69, 9.17) is 21.1 Å². The van der Waals surface area contributed by atoms with Crippen LogP contribution in [0.3, 0.4) is 0 Å². The van der Waals surface area contributed by atoms with Gasteiger partial charge in [-0.05, 0) is 30.3 Å². The van der Waals surface area contributed by atoms with Crippen molar-refractivity contribution in [1.29, 1.82) is 0 Å². The average Bonchev–Trinajstić information content (AvgIpc) is 2.47. The third-order valence-corrected chi connectivity index (χ3v) is 3.08. The Labute approximate surface area is 120 Å². The van der Waals surface area contributed by atoms with Gasteiger partial charge in [-0.3, -0.25) is 4.79 Å². The summed E-state index contributed by atoms with van der Waals surface area (Å²) >= 11 is 5.76. The predicted octanol–water partition coefficient (Wildman–Crippen LogP) is 3.73. The third-order valence-electron chi connectivity index (χ3n) is 2.82. The minimum absolute atomic E-state index is 0.0787. The second kappa shape index (κ2) is 5.92. The fourth-order valence-corrected chi connectivity index (χ4v) is 1.91. The maximum Gasteiger partial charge on any atom is 0.196 e. The first-order valence-electron chi connectivity index (χ1n) is 5.78. The summed E-state index contributed by atoms with van der Waals surface area (Å²) in [5.74, 6) is -0.577. The van der Waals surface area contributed by atoms with Crippen LogP contribution in [0.25, 0.3) is 0 Å². The number of ketones is 1. The smallest absolute Gasteiger partial charge is 0.196 e. The van der Waals surface area contributed by atoms with E-state index in [1.54, 1.807) is 24.3 Å². The molecule has 0 fully saturated rings. The van der Waals surface area contributed by atoms with Gasteiger partial charge in [0, 0.05) is 16.7 Å². The van der Waals surface area contributed by atoms with Gasteiger partial charge >= 0.3 is 0 Å². The second-order valence-electron chi connectivity index (χ2n) is 4.02. The number of rotatable bonds is 4. The Hall–Kier alpha value is -2.07. The molecule has 0 amide bonds. The molecule has 0 aliphatic carbocycles. The lowest BCUT2D eigenvalue weighted by Crippen LogP contribution is -2.05. The number of hydrogen-bond donors (Lipinski definition) is 0. The maximum absolute atomic E-state index is 14.0. The summed E-state index contributed by atoms with van der Waals surface area (Å²) in [5.41, 5.74) is 0.269. The summed E-state index contributed by atoms with van der Waals surface area (Å²) in [6, 6.07) is 8.69. The van der Waals surface area contributed by atoms with Crippen molar-refractivity contribution in [3.05, 3.63) is 58.4 Å². The highest BCUT2D eigenvalue weighted by Crippen LogP contribution is 2.30. The third kappa shape index (κ3) is 2.75. The molecular formula is C15H12ClFO3. The first-order valence-corrected chi connectivity index (χ1v) is 6.16. The van der Waals surface area contributed by atoms with Gasteiger partial charge < -0.3 is 9.47 Å². The van der Waals surface area contributed by atoms with Crippen LogP contribution in [0.5, 0.6) is 11.5 Å². The number of methoxy groups -OCH3 is 2. The van der Waals surface area contributed by atoms with Crippen LogP contribution < -0.4 is 9.47 Å². The molecule has 0 aliphatic heterocycles. The number of carbonyl (C=O) groups excluding carboxylic acids is 1. The second-order valence-corrected chi connectivity index (χ2v) is 4.46. The summed E-state index contributed by atoms with van der Waals surface area (Å²) in [6.45, 7) is 0. The lowest BCUT2D eigenvalue weighted by atomic mass is 10.0. The van der Waals surface area contributed by atoms with Crippen LogP contribution >= 0.6 is 11.6 Å². The first-order chi connectivity index (χ1) is 9.56. The van der Waals surface area contributed by atoms with E-state index in [2.05, 4.69) is 0 Å². The Morgan fingerprint density at radius 2 is 1.60 bits per heavy atom. The fourth-order valence-electron chi connectivity index (χ4n) is 1.78. The van der Waals surface area contributed by atoms with E-state index >= 15 is 0 Å². The number of carbonyl (C=O) groups is 1. The predicted molar refractivity (Wildman–Crippen MR) is 74.4 cm³/mol. The molecule has 20 heavy (non-hydrogen) atoms. The lowest BCUT2D eigenvalue weighted by Gasteiger charge is -2.10. The van der Waals surface area contributed by atoms with Gasteiger partial charge in [-0.15, -0.1) is 0 Å². The molecule has 0 aromatic heterocycles. The van der Waals surface area contributed by atoms with Crippen LogP contribution in [0.1, 0.15) is 15.9 Å². The number of hydrogen-bond acceptors (Lipinski definition) is 3. The highest BCUT2D eigenvalue weighted by molar-refractivity contribution is 6.30. The molecule has 5 heteroatoms. The van der Waals surface area contributed by atoms with Crippen molar-refractivity contribution in [3.8, 4) is 11.5 Å². The number of benzene rings is 2. The Balaban J connectivity index is 2.46. The van der Waals surface area contributed by atoms with Crippen LogP contribution in [-0.4, -0.2) is 20.0 Å². The van der Waals surface area contributed by atoms with E-state index in [1.807, 2.05) is 0 Å². The van der Waals surface area contributed by atoms with Gasteiger partial charge in [0.2, 0.25) is 0 Å². The van der Waals surface area contributed by atoms with Crippen molar-refractivity contribution in [3.63, 3.8) is 0 Å². The minimum Gasteiger partial charge on any atom is -0.493 e. The van der Waals surface area contributed by atoms with Crippen molar-refractivity contribution in [2.75, 3.05) is 14.2 Å². The molecule has 0 radical (unpaired) electrons. The van der Waals surface area contributed by atoms with E-state index < -0.39 is 11.6 Å². The summed E-state index contributed by atoms with van der Waals surface area (Å²) in [7, 11) is 2.82. The van der Waals surface area contributed by atoms with E-state index in [-0.39, 0.29) is 11.3 Å². The van der Waals surface area contributed by atoms with Gasteiger partial charge in [-0.25, -0.2) is 4.39 Å². The molecule has 0 bridgehead atoms. The standard InChI is InChI=1S/C15H12ClFO3/c1-19-13-7-11(12(17)8-14(13)20-2)15(18)9-3-5-10(16)6-4-9/h3-8H,1-2H3. The van der Waals surface area contributed by atoms with Crippen molar-refractivity contribution in [1.82, 2.24) is 0 Å². The largest absolute Gasteiger partial charge is 0.493 e. The molecule has 0 aliphatic rings. The molecule has 0 atom stereocenters. The van der Waals surface area contributed by atoms with Crippen LogP contribution in [0.2, 0.25) is 5.02 Å². The van der Waals surface area contributed by atoms with Crippen molar-refractivity contribution in [2.45, 2.75) is 0 Å². The molecule has 0 unspecified atom stereocenters. The van der Waals surface area contributed by atoms with Gasteiger partial charge in [-0.1, -0.05) is 11.6 Å². The first kappa shape index (κ1) is 14.3. The van der Waals surface area contributed by atoms with Crippen LogP contribution in [0.4, 0.5) is 4.39 Å². The molecule has 0 saturated carbocycles. The van der Waals surface area contributed by atoms with Gasteiger partial charge in [0.15, 0.2) is 17.3 Å².